The Hall–Kier alpha value is -1.52. The lowest BCUT2D eigenvalue weighted by atomic mass is 10.0. The summed E-state index contributed by atoms with van der Waals surface area (Å²) in [6.07, 6.45) is 0.181. The molecule has 1 heterocycles. The zero-order valence-electron chi connectivity index (χ0n) is 10.2. The molecule has 2 nitrogen and oxygen atoms in total. The van der Waals surface area contributed by atoms with Crippen molar-refractivity contribution >= 4 is 6.08 Å². The monoisotopic (exact) mass is 257 g/mol. The summed E-state index contributed by atoms with van der Waals surface area (Å²) < 4.78 is 41.4. The van der Waals surface area contributed by atoms with Crippen molar-refractivity contribution in [3.8, 4) is 5.88 Å². The van der Waals surface area contributed by atoms with Crippen LogP contribution in [0.25, 0.3) is 6.08 Å². The van der Waals surface area contributed by atoms with Gasteiger partial charge in [0.05, 0.1) is 5.69 Å². The van der Waals surface area contributed by atoms with Gasteiger partial charge in [-0.15, -0.1) is 0 Å². The smallest absolute Gasteiger partial charge is 0.422 e. The maximum atomic E-state index is 12.2. The molecule has 0 atom stereocenters. The van der Waals surface area contributed by atoms with Gasteiger partial charge in [-0.3, -0.25) is 0 Å². The molecule has 0 amide bonds. The van der Waals surface area contributed by atoms with E-state index in [9.17, 15) is 13.2 Å². The summed E-state index contributed by atoms with van der Waals surface area (Å²) in [4.78, 5) is 4.19. The Morgan fingerprint density at radius 3 is 2.72 bits per heavy atom. The third kappa shape index (κ3) is 2.83. The molecule has 1 aromatic heterocycles. The van der Waals surface area contributed by atoms with Crippen molar-refractivity contribution in [3.05, 3.63) is 29.0 Å². The van der Waals surface area contributed by atoms with Crippen molar-refractivity contribution in [1.29, 1.82) is 0 Å². The highest BCUT2D eigenvalue weighted by molar-refractivity contribution is 5.60. The molecule has 1 aromatic rings. The number of pyridine rings is 1. The van der Waals surface area contributed by atoms with Crippen LogP contribution in [0.4, 0.5) is 13.2 Å². The van der Waals surface area contributed by atoms with Crippen LogP contribution in [0.3, 0.4) is 0 Å². The van der Waals surface area contributed by atoms with Crippen molar-refractivity contribution < 1.29 is 17.9 Å². The van der Waals surface area contributed by atoms with Crippen molar-refractivity contribution in [2.24, 2.45) is 0 Å². The molecule has 0 bridgehead atoms. The van der Waals surface area contributed by atoms with Gasteiger partial charge in [0.25, 0.3) is 0 Å². The number of nitrogens with zero attached hydrogens (tertiary/aromatic N) is 1. The van der Waals surface area contributed by atoms with Crippen LogP contribution in [0.5, 0.6) is 5.88 Å². The molecular formula is C13H14F3NO. The van der Waals surface area contributed by atoms with E-state index in [1.807, 2.05) is 32.1 Å². The Morgan fingerprint density at radius 2 is 2.11 bits per heavy atom. The van der Waals surface area contributed by atoms with Gasteiger partial charge in [0, 0.05) is 12.0 Å². The molecule has 0 fully saturated rings. The minimum atomic E-state index is -4.34. The first-order chi connectivity index (χ1) is 8.37. The van der Waals surface area contributed by atoms with Crippen molar-refractivity contribution in [2.75, 3.05) is 6.61 Å². The summed E-state index contributed by atoms with van der Waals surface area (Å²) >= 11 is 0. The lowest BCUT2D eigenvalue weighted by molar-refractivity contribution is -0.154. The van der Waals surface area contributed by atoms with Crippen molar-refractivity contribution in [3.63, 3.8) is 0 Å². The predicted molar refractivity (Wildman–Crippen MR) is 62.6 cm³/mol. The maximum absolute atomic E-state index is 12.2. The number of aromatic nitrogens is 1. The highest BCUT2D eigenvalue weighted by Crippen LogP contribution is 2.31. The molecule has 18 heavy (non-hydrogen) atoms. The van der Waals surface area contributed by atoms with Crippen LogP contribution < -0.4 is 4.74 Å². The van der Waals surface area contributed by atoms with Crippen LogP contribution in [-0.2, 0) is 6.42 Å². The highest BCUT2D eigenvalue weighted by atomic mass is 19.4. The summed E-state index contributed by atoms with van der Waals surface area (Å²) in [6, 6.07) is 1.86. The zero-order chi connectivity index (χ0) is 13.3. The van der Waals surface area contributed by atoms with Gasteiger partial charge >= 0.3 is 6.18 Å². The standard InChI is InChI=1S/C13H14F3NO/c1-8(2)10-6-9-4-3-5-11(9)17-12(10)18-7-13(14,15)16/h3-4,6,8H,5,7H2,1-2H3. The molecular weight excluding hydrogens is 243 g/mol. The third-order valence-electron chi connectivity index (χ3n) is 2.73. The summed E-state index contributed by atoms with van der Waals surface area (Å²) in [6.45, 7) is 2.51. The van der Waals surface area contributed by atoms with Gasteiger partial charge in [-0.1, -0.05) is 26.0 Å². The van der Waals surface area contributed by atoms with Crippen LogP contribution in [0.1, 0.15) is 36.6 Å². The Morgan fingerprint density at radius 1 is 1.39 bits per heavy atom. The van der Waals surface area contributed by atoms with E-state index >= 15 is 0 Å². The number of halogens is 3. The molecule has 0 spiro atoms. The molecule has 2 rings (SSSR count). The topological polar surface area (TPSA) is 22.1 Å². The second kappa shape index (κ2) is 4.63. The van der Waals surface area contributed by atoms with Crippen LogP contribution in [0.2, 0.25) is 0 Å². The first kappa shape index (κ1) is 12.9. The average molecular weight is 257 g/mol. The van der Waals surface area contributed by atoms with E-state index in [2.05, 4.69) is 4.98 Å². The lowest BCUT2D eigenvalue weighted by Gasteiger charge is -2.15. The van der Waals surface area contributed by atoms with Gasteiger partial charge in [-0.05, 0) is 17.5 Å². The molecule has 5 heteroatoms. The Kier molecular flexibility index (Phi) is 3.32. The number of allylic oxidation sites excluding steroid dienone is 1. The summed E-state index contributed by atoms with van der Waals surface area (Å²) in [7, 11) is 0. The first-order valence-corrected chi connectivity index (χ1v) is 5.77. The van der Waals surface area contributed by atoms with Crippen LogP contribution in [0.15, 0.2) is 12.1 Å². The van der Waals surface area contributed by atoms with Crippen LogP contribution in [0, 0.1) is 0 Å². The van der Waals surface area contributed by atoms with Gasteiger partial charge in [0.2, 0.25) is 5.88 Å². The molecule has 0 saturated heterocycles. The van der Waals surface area contributed by atoms with Gasteiger partial charge in [-0.25, -0.2) is 4.98 Å². The van der Waals surface area contributed by atoms with Crippen LogP contribution in [-0.4, -0.2) is 17.8 Å². The largest absolute Gasteiger partial charge is 0.468 e. The summed E-state index contributed by atoms with van der Waals surface area (Å²) in [5, 5.41) is 0. The van der Waals surface area contributed by atoms with E-state index in [1.54, 1.807) is 0 Å². The number of rotatable bonds is 3. The van der Waals surface area contributed by atoms with E-state index in [-0.39, 0.29) is 11.8 Å². The quantitative estimate of drug-likeness (QED) is 0.823. The molecule has 0 aromatic carbocycles. The number of alkyl halides is 3. The zero-order valence-corrected chi connectivity index (χ0v) is 10.2. The third-order valence-corrected chi connectivity index (χ3v) is 2.73. The molecule has 1 aliphatic carbocycles. The molecule has 0 aliphatic heterocycles. The fourth-order valence-corrected chi connectivity index (χ4v) is 1.85. The lowest BCUT2D eigenvalue weighted by Crippen LogP contribution is -2.20. The molecule has 98 valence electrons. The molecule has 0 saturated carbocycles. The SMILES string of the molecule is CC(C)c1cc2c(nc1OCC(F)(F)F)CC=C2. The van der Waals surface area contributed by atoms with Gasteiger partial charge in [-0.2, -0.15) is 13.2 Å². The Labute approximate surface area is 103 Å². The average Bonchev–Trinajstić information content (AvgIpc) is 2.70. The van der Waals surface area contributed by atoms with Crippen molar-refractivity contribution in [1.82, 2.24) is 4.98 Å². The minimum absolute atomic E-state index is 0.0695. The first-order valence-electron chi connectivity index (χ1n) is 5.77. The maximum Gasteiger partial charge on any atom is 0.422 e. The molecule has 0 unspecified atom stereocenters. The van der Waals surface area contributed by atoms with Crippen molar-refractivity contribution in [2.45, 2.75) is 32.4 Å². The van der Waals surface area contributed by atoms with Gasteiger partial charge in [0.1, 0.15) is 0 Å². The second-order valence-electron chi connectivity index (χ2n) is 4.58. The normalized spacial score (nSPS) is 14.1. The number of hydrogen-bond donors (Lipinski definition) is 0. The fraction of sp³-hybridized carbons (Fsp3) is 0.462. The Bertz CT molecular complexity index is 478. The highest BCUT2D eigenvalue weighted by Gasteiger charge is 2.29. The summed E-state index contributed by atoms with van der Waals surface area (Å²) in [5.74, 6) is 0.171. The fourth-order valence-electron chi connectivity index (χ4n) is 1.85. The minimum Gasteiger partial charge on any atom is -0.468 e. The molecule has 0 radical (unpaired) electrons. The van der Waals surface area contributed by atoms with E-state index < -0.39 is 12.8 Å². The van der Waals surface area contributed by atoms with E-state index in [1.165, 1.54) is 0 Å². The van der Waals surface area contributed by atoms with E-state index in [0.717, 1.165) is 11.3 Å². The molecule has 0 N–H and O–H groups in total. The van der Waals surface area contributed by atoms with Crippen LogP contribution >= 0.6 is 0 Å². The second-order valence-corrected chi connectivity index (χ2v) is 4.58. The van der Waals surface area contributed by atoms with E-state index in [0.29, 0.717) is 12.0 Å². The number of ether oxygens (including phenoxy) is 1. The summed E-state index contributed by atoms with van der Waals surface area (Å²) in [5.41, 5.74) is 2.46. The van der Waals surface area contributed by atoms with Gasteiger partial charge in [0.15, 0.2) is 6.61 Å². The number of fused-ring (bicyclic) bond motifs is 1. The van der Waals surface area contributed by atoms with Gasteiger partial charge < -0.3 is 4.74 Å². The predicted octanol–water partition coefficient (Wildman–Crippen LogP) is 3.72. The Balaban J connectivity index is 2.29. The molecule has 1 aliphatic rings. The van der Waals surface area contributed by atoms with E-state index in [4.69, 9.17) is 4.74 Å². The number of hydrogen-bond acceptors (Lipinski definition) is 2.